The molecule has 0 aliphatic rings. The number of hydrogen-bond acceptors (Lipinski definition) is 2. The SMILES string of the molecule is Cc1cccc(-c2c(O)cc(C)cc2O)c1. The minimum atomic E-state index is 0.114. The number of phenolic OH excluding ortho intramolecular Hbond substituents is 2. The average molecular weight is 214 g/mol. The van der Waals surface area contributed by atoms with Crippen molar-refractivity contribution in [3.63, 3.8) is 0 Å². The Morgan fingerprint density at radius 2 is 1.44 bits per heavy atom. The lowest BCUT2D eigenvalue weighted by atomic mass is 10.00. The van der Waals surface area contributed by atoms with Gasteiger partial charge in [-0.05, 0) is 37.1 Å². The highest BCUT2D eigenvalue weighted by molar-refractivity contribution is 5.77. The van der Waals surface area contributed by atoms with Gasteiger partial charge < -0.3 is 10.2 Å². The van der Waals surface area contributed by atoms with Crippen LogP contribution in [0, 0.1) is 13.8 Å². The second-order valence-corrected chi connectivity index (χ2v) is 4.05. The summed E-state index contributed by atoms with van der Waals surface area (Å²) in [5.41, 5.74) is 3.26. The molecule has 0 aromatic heterocycles. The summed E-state index contributed by atoms with van der Waals surface area (Å²) in [5, 5.41) is 19.7. The first-order chi connectivity index (χ1) is 7.58. The minimum Gasteiger partial charge on any atom is -0.507 e. The molecule has 0 spiro atoms. The highest BCUT2D eigenvalue weighted by Crippen LogP contribution is 2.38. The van der Waals surface area contributed by atoms with Gasteiger partial charge in [0.25, 0.3) is 0 Å². The van der Waals surface area contributed by atoms with Gasteiger partial charge in [-0.15, -0.1) is 0 Å². The summed E-state index contributed by atoms with van der Waals surface area (Å²) < 4.78 is 0. The standard InChI is InChI=1S/C14H14O2/c1-9-4-3-5-11(6-9)14-12(15)7-10(2)8-13(14)16/h3-8,15-16H,1-2H3. The third kappa shape index (κ3) is 1.87. The fourth-order valence-electron chi connectivity index (χ4n) is 1.84. The number of hydrogen-bond donors (Lipinski definition) is 2. The van der Waals surface area contributed by atoms with Gasteiger partial charge in [-0.3, -0.25) is 0 Å². The van der Waals surface area contributed by atoms with Crippen molar-refractivity contribution in [2.24, 2.45) is 0 Å². The van der Waals surface area contributed by atoms with Gasteiger partial charge in [0.15, 0.2) is 0 Å². The summed E-state index contributed by atoms with van der Waals surface area (Å²) in [7, 11) is 0. The molecule has 0 unspecified atom stereocenters. The zero-order valence-electron chi connectivity index (χ0n) is 9.36. The molecule has 0 fully saturated rings. The van der Waals surface area contributed by atoms with Crippen LogP contribution in [0.5, 0.6) is 11.5 Å². The molecule has 2 heteroatoms. The lowest BCUT2D eigenvalue weighted by Crippen LogP contribution is -1.83. The van der Waals surface area contributed by atoms with E-state index in [2.05, 4.69) is 0 Å². The van der Waals surface area contributed by atoms with Crippen molar-refractivity contribution >= 4 is 0 Å². The molecule has 0 saturated carbocycles. The Labute approximate surface area is 94.8 Å². The molecule has 2 aromatic carbocycles. The molecule has 0 heterocycles. The molecular formula is C14H14O2. The van der Waals surface area contributed by atoms with Gasteiger partial charge in [0.05, 0.1) is 5.56 Å². The summed E-state index contributed by atoms with van der Waals surface area (Å²) in [5.74, 6) is 0.228. The predicted molar refractivity (Wildman–Crippen MR) is 64.7 cm³/mol. The molecule has 0 radical (unpaired) electrons. The molecule has 2 nitrogen and oxygen atoms in total. The zero-order valence-corrected chi connectivity index (χ0v) is 9.36. The first-order valence-electron chi connectivity index (χ1n) is 5.17. The van der Waals surface area contributed by atoms with E-state index in [1.54, 1.807) is 12.1 Å². The van der Waals surface area contributed by atoms with Crippen LogP contribution >= 0.6 is 0 Å². The van der Waals surface area contributed by atoms with Gasteiger partial charge in [0, 0.05) is 0 Å². The van der Waals surface area contributed by atoms with Crippen LogP contribution < -0.4 is 0 Å². The molecule has 2 N–H and O–H groups in total. The van der Waals surface area contributed by atoms with Crippen LogP contribution in [-0.4, -0.2) is 10.2 Å². The molecule has 0 atom stereocenters. The van der Waals surface area contributed by atoms with E-state index in [1.807, 2.05) is 38.1 Å². The van der Waals surface area contributed by atoms with Gasteiger partial charge in [-0.2, -0.15) is 0 Å². The molecule has 2 rings (SSSR count). The number of rotatable bonds is 1. The van der Waals surface area contributed by atoms with Crippen LogP contribution in [0.4, 0.5) is 0 Å². The quantitative estimate of drug-likeness (QED) is 0.764. The van der Waals surface area contributed by atoms with Crippen molar-refractivity contribution in [1.82, 2.24) is 0 Å². The first kappa shape index (κ1) is 10.6. The van der Waals surface area contributed by atoms with Crippen molar-refractivity contribution in [3.8, 4) is 22.6 Å². The van der Waals surface area contributed by atoms with E-state index in [4.69, 9.17) is 0 Å². The maximum absolute atomic E-state index is 9.86. The summed E-state index contributed by atoms with van der Waals surface area (Å²) in [6.07, 6.45) is 0. The van der Waals surface area contributed by atoms with Gasteiger partial charge in [0.1, 0.15) is 11.5 Å². The molecule has 0 aliphatic carbocycles. The van der Waals surface area contributed by atoms with Crippen LogP contribution in [0.25, 0.3) is 11.1 Å². The lowest BCUT2D eigenvalue weighted by molar-refractivity contribution is 0.453. The van der Waals surface area contributed by atoms with Gasteiger partial charge in [-0.1, -0.05) is 29.8 Å². The van der Waals surface area contributed by atoms with Crippen molar-refractivity contribution in [3.05, 3.63) is 47.5 Å². The first-order valence-corrected chi connectivity index (χ1v) is 5.17. The van der Waals surface area contributed by atoms with E-state index >= 15 is 0 Å². The third-order valence-corrected chi connectivity index (χ3v) is 2.55. The summed E-state index contributed by atoms with van der Waals surface area (Å²) in [4.78, 5) is 0. The van der Waals surface area contributed by atoms with E-state index in [-0.39, 0.29) is 11.5 Å². The molecular weight excluding hydrogens is 200 g/mol. The topological polar surface area (TPSA) is 40.5 Å². The van der Waals surface area contributed by atoms with Crippen molar-refractivity contribution in [2.45, 2.75) is 13.8 Å². The smallest absolute Gasteiger partial charge is 0.127 e. The zero-order chi connectivity index (χ0) is 11.7. The minimum absolute atomic E-state index is 0.114. The number of aromatic hydroxyl groups is 2. The number of benzene rings is 2. The van der Waals surface area contributed by atoms with Crippen LogP contribution in [0.2, 0.25) is 0 Å². The molecule has 0 saturated heterocycles. The Balaban J connectivity index is 2.64. The average Bonchev–Trinajstić information content (AvgIpc) is 2.15. The molecule has 0 amide bonds. The van der Waals surface area contributed by atoms with Crippen LogP contribution in [0.1, 0.15) is 11.1 Å². The maximum Gasteiger partial charge on any atom is 0.127 e. The normalized spacial score (nSPS) is 10.4. The van der Waals surface area contributed by atoms with Gasteiger partial charge in [0.2, 0.25) is 0 Å². The molecule has 0 aliphatic heterocycles. The highest BCUT2D eigenvalue weighted by Gasteiger charge is 2.10. The second kappa shape index (κ2) is 3.89. The summed E-state index contributed by atoms with van der Waals surface area (Å²) in [6, 6.07) is 11.0. The number of phenols is 2. The Bertz CT molecular complexity index is 507. The van der Waals surface area contributed by atoms with E-state index in [0.717, 1.165) is 16.7 Å². The second-order valence-electron chi connectivity index (χ2n) is 4.05. The van der Waals surface area contributed by atoms with Crippen molar-refractivity contribution < 1.29 is 10.2 Å². The summed E-state index contributed by atoms with van der Waals surface area (Å²) in [6.45, 7) is 3.81. The molecule has 16 heavy (non-hydrogen) atoms. The Kier molecular flexibility index (Phi) is 2.57. The molecule has 82 valence electrons. The number of aryl methyl sites for hydroxylation is 2. The molecule has 0 bridgehead atoms. The third-order valence-electron chi connectivity index (χ3n) is 2.55. The monoisotopic (exact) mass is 214 g/mol. The maximum atomic E-state index is 9.86. The van der Waals surface area contributed by atoms with E-state index in [0.29, 0.717) is 5.56 Å². The Morgan fingerprint density at radius 3 is 2.00 bits per heavy atom. The van der Waals surface area contributed by atoms with Gasteiger partial charge in [-0.25, -0.2) is 0 Å². The van der Waals surface area contributed by atoms with E-state index in [9.17, 15) is 10.2 Å². The molecule has 2 aromatic rings. The van der Waals surface area contributed by atoms with Crippen LogP contribution in [0.3, 0.4) is 0 Å². The predicted octanol–water partition coefficient (Wildman–Crippen LogP) is 3.38. The van der Waals surface area contributed by atoms with Gasteiger partial charge >= 0.3 is 0 Å². The van der Waals surface area contributed by atoms with Crippen molar-refractivity contribution in [1.29, 1.82) is 0 Å². The highest BCUT2D eigenvalue weighted by atomic mass is 16.3. The summed E-state index contributed by atoms with van der Waals surface area (Å²) >= 11 is 0. The van der Waals surface area contributed by atoms with Crippen molar-refractivity contribution in [2.75, 3.05) is 0 Å². The van der Waals surface area contributed by atoms with E-state index in [1.165, 1.54) is 0 Å². The Hall–Kier alpha value is -1.96. The fourth-order valence-corrected chi connectivity index (χ4v) is 1.84. The largest absolute Gasteiger partial charge is 0.507 e. The van der Waals surface area contributed by atoms with E-state index < -0.39 is 0 Å². The fraction of sp³-hybridized carbons (Fsp3) is 0.143. The Morgan fingerprint density at radius 1 is 0.812 bits per heavy atom. The van der Waals surface area contributed by atoms with Crippen LogP contribution in [0.15, 0.2) is 36.4 Å². The lowest BCUT2D eigenvalue weighted by Gasteiger charge is -2.09. The van der Waals surface area contributed by atoms with Crippen LogP contribution in [-0.2, 0) is 0 Å².